The van der Waals surface area contributed by atoms with Gasteiger partial charge in [-0.2, -0.15) is 13.2 Å². The molecule has 1 aliphatic rings. The molecular formula is C22H23F4NO. The van der Waals surface area contributed by atoms with Crippen LogP contribution in [0.1, 0.15) is 36.0 Å². The Bertz CT molecular complexity index is 810. The summed E-state index contributed by atoms with van der Waals surface area (Å²) in [6.45, 7) is 2.13. The molecule has 2 aromatic carbocycles. The Balaban J connectivity index is 1.47. The van der Waals surface area contributed by atoms with Crippen molar-refractivity contribution in [3.05, 3.63) is 71.0 Å². The van der Waals surface area contributed by atoms with Crippen molar-refractivity contribution in [1.29, 1.82) is 0 Å². The molecule has 6 heteroatoms. The van der Waals surface area contributed by atoms with E-state index in [0.717, 1.165) is 38.1 Å². The van der Waals surface area contributed by atoms with E-state index >= 15 is 0 Å². The maximum atomic E-state index is 13.8. The third-order valence-corrected chi connectivity index (χ3v) is 5.23. The molecule has 2 nitrogen and oxygen atoms in total. The molecule has 0 bridgehead atoms. The molecule has 150 valence electrons. The third kappa shape index (κ3) is 5.64. The standard InChI is InChI=1S/C22H23F4NO/c23-21-7-2-1-5-18(21)15-27-10-8-16(9-11-27)13-20(28)14-17-4-3-6-19(12-17)22(24,25)26/h1-7,12,16H,8-11,13-15H2. The molecule has 2 aromatic rings. The van der Waals surface area contributed by atoms with E-state index in [4.69, 9.17) is 0 Å². The van der Waals surface area contributed by atoms with Crippen molar-refractivity contribution in [2.75, 3.05) is 13.1 Å². The number of Topliss-reactive ketones (excluding diaryl/α,β-unsaturated/α-hetero) is 1. The first-order valence-corrected chi connectivity index (χ1v) is 9.45. The molecule has 1 aliphatic heterocycles. The van der Waals surface area contributed by atoms with Gasteiger partial charge in [0.05, 0.1) is 5.56 Å². The van der Waals surface area contributed by atoms with Crippen LogP contribution in [-0.2, 0) is 23.9 Å². The zero-order valence-corrected chi connectivity index (χ0v) is 15.5. The second-order valence-corrected chi connectivity index (χ2v) is 7.43. The molecule has 0 aromatic heterocycles. The van der Waals surface area contributed by atoms with Gasteiger partial charge in [0.1, 0.15) is 11.6 Å². The molecule has 1 saturated heterocycles. The van der Waals surface area contributed by atoms with Crippen molar-refractivity contribution in [3.63, 3.8) is 0 Å². The number of rotatable bonds is 6. The summed E-state index contributed by atoms with van der Waals surface area (Å²) in [5.74, 6) is -0.0112. The van der Waals surface area contributed by atoms with Gasteiger partial charge in [0.25, 0.3) is 0 Å². The Kier molecular flexibility index (Phi) is 6.50. The Morgan fingerprint density at radius 2 is 1.75 bits per heavy atom. The topological polar surface area (TPSA) is 20.3 Å². The van der Waals surface area contributed by atoms with Crippen LogP contribution in [0.2, 0.25) is 0 Å². The Morgan fingerprint density at radius 3 is 2.43 bits per heavy atom. The second kappa shape index (κ2) is 8.86. The highest BCUT2D eigenvalue weighted by Gasteiger charge is 2.30. The lowest BCUT2D eigenvalue weighted by Gasteiger charge is -2.31. The number of hydrogen-bond acceptors (Lipinski definition) is 2. The summed E-state index contributed by atoms with van der Waals surface area (Å²) in [6.07, 6.45) is -2.32. The zero-order valence-electron chi connectivity index (χ0n) is 15.5. The van der Waals surface area contributed by atoms with Crippen molar-refractivity contribution >= 4 is 5.78 Å². The van der Waals surface area contributed by atoms with E-state index in [2.05, 4.69) is 4.90 Å². The molecule has 3 rings (SSSR count). The van der Waals surface area contributed by atoms with Crippen LogP contribution < -0.4 is 0 Å². The lowest BCUT2D eigenvalue weighted by Crippen LogP contribution is -2.34. The average Bonchev–Trinajstić information content (AvgIpc) is 2.65. The fourth-order valence-corrected chi connectivity index (χ4v) is 3.70. The smallest absolute Gasteiger partial charge is 0.299 e. The summed E-state index contributed by atoms with van der Waals surface area (Å²) in [6, 6.07) is 11.7. The van der Waals surface area contributed by atoms with E-state index in [1.807, 2.05) is 6.07 Å². The zero-order chi connectivity index (χ0) is 20.1. The van der Waals surface area contributed by atoms with Gasteiger partial charge in [0.15, 0.2) is 0 Å². The van der Waals surface area contributed by atoms with E-state index in [1.165, 1.54) is 12.1 Å². The second-order valence-electron chi connectivity index (χ2n) is 7.43. The van der Waals surface area contributed by atoms with Crippen LogP contribution in [0, 0.1) is 11.7 Å². The highest BCUT2D eigenvalue weighted by molar-refractivity contribution is 5.81. The van der Waals surface area contributed by atoms with Gasteiger partial charge in [0, 0.05) is 24.9 Å². The van der Waals surface area contributed by atoms with Gasteiger partial charge >= 0.3 is 6.18 Å². The SMILES string of the molecule is O=C(Cc1cccc(C(F)(F)F)c1)CC1CCN(Cc2ccccc2F)CC1. The summed E-state index contributed by atoms with van der Waals surface area (Å²) in [4.78, 5) is 14.5. The number of carbonyl (C=O) groups is 1. The molecule has 0 unspecified atom stereocenters. The maximum absolute atomic E-state index is 13.8. The third-order valence-electron chi connectivity index (χ3n) is 5.23. The lowest BCUT2D eigenvalue weighted by atomic mass is 9.89. The lowest BCUT2D eigenvalue weighted by molar-refractivity contribution is -0.137. The fraction of sp³-hybridized carbons (Fsp3) is 0.409. The van der Waals surface area contributed by atoms with Crippen LogP contribution >= 0.6 is 0 Å². The number of hydrogen-bond donors (Lipinski definition) is 0. The van der Waals surface area contributed by atoms with E-state index in [9.17, 15) is 22.4 Å². The molecular weight excluding hydrogens is 370 g/mol. The van der Waals surface area contributed by atoms with Crippen molar-refractivity contribution < 1.29 is 22.4 Å². The van der Waals surface area contributed by atoms with Crippen LogP contribution in [0.15, 0.2) is 48.5 Å². The Hall–Kier alpha value is -2.21. The minimum Gasteiger partial charge on any atom is -0.299 e. The quantitative estimate of drug-likeness (QED) is 0.624. The molecule has 0 aliphatic carbocycles. The summed E-state index contributed by atoms with van der Waals surface area (Å²) in [7, 11) is 0. The van der Waals surface area contributed by atoms with Gasteiger partial charge in [-0.15, -0.1) is 0 Å². The first-order chi connectivity index (χ1) is 13.3. The number of benzene rings is 2. The molecule has 0 saturated carbocycles. The highest BCUT2D eigenvalue weighted by atomic mass is 19.4. The average molecular weight is 393 g/mol. The van der Waals surface area contributed by atoms with Crippen LogP contribution in [-0.4, -0.2) is 23.8 Å². The minimum atomic E-state index is -4.40. The van der Waals surface area contributed by atoms with Crippen molar-refractivity contribution in [2.45, 2.75) is 38.4 Å². The number of piperidine rings is 1. The number of alkyl halides is 3. The predicted molar refractivity (Wildman–Crippen MR) is 99.2 cm³/mol. The van der Waals surface area contributed by atoms with Gasteiger partial charge in [-0.1, -0.05) is 36.4 Å². The van der Waals surface area contributed by atoms with Crippen LogP contribution in [0.25, 0.3) is 0 Å². The number of halogens is 4. The Labute approximate surface area is 162 Å². The summed E-state index contributed by atoms with van der Waals surface area (Å²) in [5.41, 5.74) is 0.345. The van der Waals surface area contributed by atoms with Gasteiger partial charge in [0.2, 0.25) is 0 Å². The minimum absolute atomic E-state index is 0.0271. The highest BCUT2D eigenvalue weighted by Crippen LogP contribution is 2.30. The van der Waals surface area contributed by atoms with Gasteiger partial charge in [-0.05, 0) is 49.5 Å². The Morgan fingerprint density at radius 1 is 1.04 bits per heavy atom. The van der Waals surface area contributed by atoms with Crippen molar-refractivity contribution in [1.82, 2.24) is 4.90 Å². The van der Waals surface area contributed by atoms with E-state index in [1.54, 1.807) is 18.2 Å². The van der Waals surface area contributed by atoms with Gasteiger partial charge in [-0.25, -0.2) is 4.39 Å². The van der Waals surface area contributed by atoms with Gasteiger partial charge in [-0.3, -0.25) is 9.69 Å². The number of carbonyl (C=O) groups excluding carboxylic acids is 1. The molecule has 28 heavy (non-hydrogen) atoms. The van der Waals surface area contributed by atoms with Crippen molar-refractivity contribution in [2.24, 2.45) is 5.92 Å². The normalized spacial score (nSPS) is 16.3. The molecule has 0 spiro atoms. The van der Waals surface area contributed by atoms with E-state index in [-0.39, 0.29) is 23.9 Å². The maximum Gasteiger partial charge on any atom is 0.416 e. The molecule has 0 atom stereocenters. The number of ketones is 1. The van der Waals surface area contributed by atoms with Crippen molar-refractivity contribution in [3.8, 4) is 0 Å². The largest absolute Gasteiger partial charge is 0.416 e. The molecule has 0 N–H and O–H groups in total. The first-order valence-electron chi connectivity index (χ1n) is 9.45. The fourth-order valence-electron chi connectivity index (χ4n) is 3.70. The monoisotopic (exact) mass is 393 g/mol. The van der Waals surface area contributed by atoms with Crippen LogP contribution in [0.3, 0.4) is 0 Å². The predicted octanol–water partition coefficient (Wildman–Crippen LogP) is 5.26. The molecule has 0 radical (unpaired) electrons. The van der Waals surface area contributed by atoms with Crippen LogP contribution in [0.4, 0.5) is 17.6 Å². The number of likely N-dealkylation sites (tertiary alicyclic amines) is 1. The van der Waals surface area contributed by atoms with Crippen LogP contribution in [0.5, 0.6) is 0 Å². The number of nitrogens with zero attached hydrogens (tertiary/aromatic N) is 1. The van der Waals surface area contributed by atoms with E-state index in [0.29, 0.717) is 24.1 Å². The molecule has 1 fully saturated rings. The summed E-state index contributed by atoms with van der Waals surface area (Å²) < 4.78 is 52.1. The summed E-state index contributed by atoms with van der Waals surface area (Å²) in [5, 5.41) is 0. The van der Waals surface area contributed by atoms with E-state index < -0.39 is 11.7 Å². The molecule has 0 amide bonds. The summed E-state index contributed by atoms with van der Waals surface area (Å²) >= 11 is 0. The molecule has 1 heterocycles. The van der Waals surface area contributed by atoms with Gasteiger partial charge < -0.3 is 0 Å². The first kappa shape index (κ1) is 20.5.